The zero-order valence-electron chi connectivity index (χ0n) is 14.4. The summed E-state index contributed by atoms with van der Waals surface area (Å²) < 4.78 is 0. The minimum Gasteiger partial charge on any atom is -0.386 e. The van der Waals surface area contributed by atoms with Crippen molar-refractivity contribution >= 4 is 11.7 Å². The molecular weight excluding hydrogens is 318 g/mol. The van der Waals surface area contributed by atoms with Gasteiger partial charge in [0.2, 0.25) is 5.91 Å². The van der Waals surface area contributed by atoms with E-state index >= 15 is 0 Å². The Bertz CT molecular complexity index is 697. The van der Waals surface area contributed by atoms with Crippen molar-refractivity contribution in [2.24, 2.45) is 0 Å². The van der Waals surface area contributed by atoms with Gasteiger partial charge in [-0.1, -0.05) is 6.07 Å². The van der Waals surface area contributed by atoms with Gasteiger partial charge in [0.05, 0.1) is 24.8 Å². The van der Waals surface area contributed by atoms with Crippen LogP contribution in [0.2, 0.25) is 0 Å². The van der Waals surface area contributed by atoms with Crippen LogP contribution in [0.25, 0.3) is 0 Å². The molecule has 1 amide bonds. The second-order valence-electron chi connectivity index (χ2n) is 6.60. The fourth-order valence-corrected chi connectivity index (χ4v) is 3.23. The van der Waals surface area contributed by atoms with Crippen molar-refractivity contribution in [3.8, 4) is 0 Å². The Kier molecular flexibility index (Phi) is 5.23. The normalized spacial score (nSPS) is 20.3. The summed E-state index contributed by atoms with van der Waals surface area (Å²) in [4.78, 5) is 28.5. The highest BCUT2D eigenvalue weighted by molar-refractivity contribution is 5.78. The third-order valence-corrected chi connectivity index (χ3v) is 4.46. The van der Waals surface area contributed by atoms with E-state index in [-0.39, 0.29) is 12.3 Å². The summed E-state index contributed by atoms with van der Waals surface area (Å²) in [5.74, 6) is 0.725. The van der Waals surface area contributed by atoms with Crippen LogP contribution in [0.15, 0.2) is 43.1 Å². The summed E-state index contributed by atoms with van der Waals surface area (Å²) in [6.45, 7) is 1.56. The molecule has 0 bridgehead atoms. The van der Waals surface area contributed by atoms with Crippen LogP contribution in [0.4, 0.5) is 5.82 Å². The second kappa shape index (κ2) is 7.57. The SMILES string of the molecule is CN(CC1(O)CCCN(c2cnccn2)C1)C(=O)Cc1cccnc1. The molecule has 0 aliphatic carbocycles. The number of aliphatic hydroxyl groups is 1. The first-order valence-corrected chi connectivity index (χ1v) is 8.42. The number of carbonyl (C=O) groups is 1. The zero-order valence-corrected chi connectivity index (χ0v) is 14.4. The lowest BCUT2D eigenvalue weighted by atomic mass is 9.92. The van der Waals surface area contributed by atoms with E-state index in [0.717, 1.165) is 24.3 Å². The van der Waals surface area contributed by atoms with Crippen LogP contribution >= 0.6 is 0 Å². The van der Waals surface area contributed by atoms with Crippen molar-refractivity contribution in [2.75, 3.05) is 31.6 Å². The summed E-state index contributed by atoms with van der Waals surface area (Å²) in [5.41, 5.74) is -0.0778. The molecule has 7 nitrogen and oxygen atoms in total. The highest BCUT2D eigenvalue weighted by atomic mass is 16.3. The number of nitrogens with zero attached hydrogens (tertiary/aromatic N) is 5. The van der Waals surface area contributed by atoms with Crippen molar-refractivity contribution < 1.29 is 9.90 Å². The van der Waals surface area contributed by atoms with Gasteiger partial charge in [-0.15, -0.1) is 0 Å². The molecule has 1 atom stereocenters. The molecule has 0 spiro atoms. The summed E-state index contributed by atoms with van der Waals surface area (Å²) in [6, 6.07) is 3.69. The Morgan fingerprint density at radius 3 is 2.88 bits per heavy atom. The highest BCUT2D eigenvalue weighted by Crippen LogP contribution is 2.25. The molecule has 3 heterocycles. The largest absolute Gasteiger partial charge is 0.386 e. The number of piperidine rings is 1. The summed E-state index contributed by atoms with van der Waals surface area (Å²) in [6.07, 6.45) is 10.1. The first-order chi connectivity index (χ1) is 12.1. The first-order valence-electron chi connectivity index (χ1n) is 8.42. The number of carbonyl (C=O) groups excluding carboxylic acids is 1. The number of rotatable bonds is 5. The lowest BCUT2D eigenvalue weighted by molar-refractivity contribution is -0.132. The van der Waals surface area contributed by atoms with Crippen LogP contribution in [0.3, 0.4) is 0 Å². The Morgan fingerprint density at radius 1 is 1.32 bits per heavy atom. The molecule has 1 fully saturated rings. The van der Waals surface area contributed by atoms with Gasteiger partial charge in [-0.3, -0.25) is 14.8 Å². The van der Waals surface area contributed by atoms with E-state index in [1.165, 1.54) is 0 Å². The predicted molar refractivity (Wildman–Crippen MR) is 94.0 cm³/mol. The number of hydrogen-bond acceptors (Lipinski definition) is 6. The van der Waals surface area contributed by atoms with Crippen molar-refractivity contribution in [1.82, 2.24) is 19.9 Å². The number of β-amino-alcohol motifs (C(OH)–C–C–N with tert-alkyl or cyclic N) is 1. The smallest absolute Gasteiger partial charge is 0.226 e. The molecule has 2 aromatic heterocycles. The Labute approximate surface area is 147 Å². The number of anilines is 1. The second-order valence-corrected chi connectivity index (χ2v) is 6.60. The van der Waals surface area contributed by atoms with Crippen molar-refractivity contribution in [3.63, 3.8) is 0 Å². The van der Waals surface area contributed by atoms with Gasteiger partial charge in [0.25, 0.3) is 0 Å². The van der Waals surface area contributed by atoms with Gasteiger partial charge in [0, 0.05) is 44.9 Å². The quantitative estimate of drug-likeness (QED) is 0.870. The topological polar surface area (TPSA) is 82.5 Å². The summed E-state index contributed by atoms with van der Waals surface area (Å²) in [7, 11) is 1.73. The molecule has 0 radical (unpaired) electrons. The molecule has 0 aromatic carbocycles. The zero-order chi connectivity index (χ0) is 17.7. The molecule has 0 saturated carbocycles. The number of hydrogen-bond donors (Lipinski definition) is 1. The van der Waals surface area contributed by atoms with Gasteiger partial charge in [-0.25, -0.2) is 4.98 Å². The van der Waals surface area contributed by atoms with Crippen molar-refractivity contribution in [1.29, 1.82) is 0 Å². The van der Waals surface area contributed by atoms with Crippen LogP contribution < -0.4 is 4.90 Å². The lowest BCUT2D eigenvalue weighted by Gasteiger charge is -2.41. The average molecular weight is 341 g/mol. The average Bonchev–Trinajstić information content (AvgIpc) is 2.63. The molecule has 132 valence electrons. The molecule has 1 aliphatic heterocycles. The Hall–Kier alpha value is -2.54. The molecule has 1 unspecified atom stereocenters. The van der Waals surface area contributed by atoms with Crippen molar-refractivity contribution in [2.45, 2.75) is 24.9 Å². The Balaban J connectivity index is 1.61. The van der Waals surface area contributed by atoms with E-state index in [1.807, 2.05) is 17.0 Å². The third kappa shape index (κ3) is 4.51. The number of aromatic nitrogens is 3. The van der Waals surface area contributed by atoms with Gasteiger partial charge < -0.3 is 14.9 Å². The van der Waals surface area contributed by atoms with E-state index in [4.69, 9.17) is 0 Å². The van der Waals surface area contributed by atoms with Crippen LogP contribution in [0.5, 0.6) is 0 Å². The minimum atomic E-state index is -0.949. The fourth-order valence-electron chi connectivity index (χ4n) is 3.23. The van der Waals surface area contributed by atoms with E-state index < -0.39 is 5.60 Å². The maximum atomic E-state index is 12.4. The molecule has 1 N–H and O–H groups in total. The lowest BCUT2D eigenvalue weighted by Crippen LogP contribution is -2.55. The van der Waals surface area contributed by atoms with E-state index in [2.05, 4.69) is 15.0 Å². The molecule has 7 heteroatoms. The fraction of sp³-hybridized carbons (Fsp3) is 0.444. The first kappa shape index (κ1) is 17.3. The van der Waals surface area contributed by atoms with Crippen LogP contribution in [0, 0.1) is 0 Å². The van der Waals surface area contributed by atoms with Gasteiger partial charge >= 0.3 is 0 Å². The molecule has 1 aliphatic rings. The maximum absolute atomic E-state index is 12.4. The standard InChI is InChI=1S/C18H23N5O2/c1-22(17(24)10-15-4-2-6-19-11-15)13-18(25)5-3-9-23(14-18)16-12-20-7-8-21-16/h2,4,6-8,11-12,25H,3,5,9-10,13-14H2,1H3. The van der Waals surface area contributed by atoms with Gasteiger partial charge in [0.1, 0.15) is 5.82 Å². The van der Waals surface area contributed by atoms with E-state index in [1.54, 1.807) is 42.9 Å². The highest BCUT2D eigenvalue weighted by Gasteiger charge is 2.35. The van der Waals surface area contributed by atoms with Crippen LogP contribution in [0.1, 0.15) is 18.4 Å². The van der Waals surface area contributed by atoms with E-state index in [0.29, 0.717) is 19.5 Å². The summed E-state index contributed by atoms with van der Waals surface area (Å²) >= 11 is 0. The van der Waals surface area contributed by atoms with Crippen LogP contribution in [-0.4, -0.2) is 63.1 Å². The van der Waals surface area contributed by atoms with Gasteiger partial charge in [0.15, 0.2) is 0 Å². The Morgan fingerprint density at radius 2 is 2.16 bits per heavy atom. The number of amides is 1. The van der Waals surface area contributed by atoms with Gasteiger partial charge in [-0.2, -0.15) is 0 Å². The number of likely N-dealkylation sites (N-methyl/N-ethyl adjacent to an activating group) is 1. The molecule has 3 rings (SSSR count). The third-order valence-electron chi connectivity index (χ3n) is 4.46. The molecule has 2 aromatic rings. The van der Waals surface area contributed by atoms with Crippen LogP contribution in [-0.2, 0) is 11.2 Å². The molecule has 25 heavy (non-hydrogen) atoms. The van der Waals surface area contributed by atoms with E-state index in [9.17, 15) is 9.90 Å². The molecule has 1 saturated heterocycles. The van der Waals surface area contributed by atoms with Crippen molar-refractivity contribution in [3.05, 3.63) is 48.7 Å². The minimum absolute atomic E-state index is 0.0296. The number of pyridine rings is 1. The monoisotopic (exact) mass is 341 g/mol. The maximum Gasteiger partial charge on any atom is 0.226 e. The molecular formula is C18H23N5O2. The predicted octanol–water partition coefficient (Wildman–Crippen LogP) is 0.904. The van der Waals surface area contributed by atoms with Gasteiger partial charge in [-0.05, 0) is 24.5 Å². The summed E-state index contributed by atoms with van der Waals surface area (Å²) in [5, 5.41) is 11.0.